The van der Waals surface area contributed by atoms with Crippen LogP contribution in [0.15, 0.2) is 6.20 Å². The van der Waals surface area contributed by atoms with Gasteiger partial charge in [-0.1, -0.05) is 4.71 Å². The normalized spacial score (nSPS) is 22.9. The molecule has 1 aromatic rings. The van der Waals surface area contributed by atoms with Crippen LogP contribution < -0.4 is 0 Å². The van der Waals surface area contributed by atoms with Crippen LogP contribution in [0.25, 0.3) is 0 Å². The maximum atomic E-state index is 13.9. The number of carbonyl (C=O) groups excluding carboxylic acids is 1. The average Bonchev–Trinajstić information content (AvgIpc) is 2.69. The quantitative estimate of drug-likeness (QED) is 0.616. The number of alkyl halides is 5. The van der Waals surface area contributed by atoms with E-state index in [0.29, 0.717) is 0 Å². The average molecular weight is 288 g/mol. The van der Waals surface area contributed by atoms with Crippen molar-refractivity contribution in [3.63, 3.8) is 0 Å². The number of amides is 1. The SMILES string of the molecule is O=C(C(F)(F)F)[N+]1(F)Cc2cn(CC(F)F)nc2C1. The third-order valence-electron chi connectivity index (χ3n) is 2.68. The first-order chi connectivity index (χ1) is 8.62. The molecule has 0 fully saturated rings. The number of nitrogens with zero attached hydrogens (tertiary/aromatic N) is 3. The van der Waals surface area contributed by atoms with Gasteiger partial charge in [-0.3, -0.25) is 4.68 Å². The molecule has 1 atom stereocenters. The lowest BCUT2D eigenvalue weighted by Gasteiger charge is -2.18. The Hall–Kier alpha value is -1.58. The minimum absolute atomic E-state index is 0.0285. The number of quaternary nitrogens is 1. The summed E-state index contributed by atoms with van der Waals surface area (Å²) in [5, 5.41) is 3.55. The molecule has 0 N–H and O–H groups in total. The first-order valence-electron chi connectivity index (χ1n) is 5.13. The highest BCUT2D eigenvalue weighted by atomic mass is 19.4. The van der Waals surface area contributed by atoms with Gasteiger partial charge in [-0.25, -0.2) is 13.6 Å². The van der Waals surface area contributed by atoms with Crippen LogP contribution in [0.1, 0.15) is 11.3 Å². The summed E-state index contributed by atoms with van der Waals surface area (Å²) in [5.41, 5.74) is -0.0819. The third kappa shape index (κ3) is 2.57. The monoisotopic (exact) mass is 288 g/mol. The van der Waals surface area contributed by atoms with Gasteiger partial charge in [0.25, 0.3) is 6.43 Å². The van der Waals surface area contributed by atoms with Gasteiger partial charge in [0.2, 0.25) is 0 Å². The minimum Gasteiger partial charge on any atom is -0.266 e. The molecular formula is C9H8F6N3O+. The summed E-state index contributed by atoms with van der Waals surface area (Å²) in [6, 6.07) is 0. The van der Waals surface area contributed by atoms with Gasteiger partial charge in [0.05, 0.1) is 5.56 Å². The first kappa shape index (κ1) is 13.8. The van der Waals surface area contributed by atoms with E-state index in [0.717, 1.165) is 10.9 Å². The van der Waals surface area contributed by atoms with E-state index in [-0.39, 0.29) is 11.3 Å². The largest absolute Gasteiger partial charge is 0.513 e. The van der Waals surface area contributed by atoms with Crippen LogP contribution in [0.3, 0.4) is 0 Å². The molecule has 2 rings (SSSR count). The molecule has 0 saturated carbocycles. The first-order valence-corrected chi connectivity index (χ1v) is 5.13. The zero-order chi connectivity index (χ0) is 14.4. The molecule has 0 aromatic carbocycles. The summed E-state index contributed by atoms with van der Waals surface area (Å²) in [6.07, 6.45) is -6.94. The van der Waals surface area contributed by atoms with Crippen LogP contribution in [0.4, 0.5) is 26.4 Å². The molecule has 4 nitrogen and oxygen atoms in total. The van der Waals surface area contributed by atoms with Gasteiger partial charge in [-0.15, -0.1) is 0 Å². The topological polar surface area (TPSA) is 34.9 Å². The molecule has 0 bridgehead atoms. The molecule has 0 aliphatic carbocycles. The van der Waals surface area contributed by atoms with Gasteiger partial charge < -0.3 is 0 Å². The Morgan fingerprint density at radius 3 is 2.53 bits per heavy atom. The number of hydrogen-bond acceptors (Lipinski definition) is 2. The zero-order valence-electron chi connectivity index (χ0n) is 9.29. The smallest absolute Gasteiger partial charge is 0.266 e. The van der Waals surface area contributed by atoms with Crippen LogP contribution in [-0.2, 0) is 24.4 Å². The maximum Gasteiger partial charge on any atom is 0.513 e. The van der Waals surface area contributed by atoms with Crippen LogP contribution in [0, 0.1) is 0 Å². The Morgan fingerprint density at radius 2 is 2.05 bits per heavy atom. The van der Waals surface area contributed by atoms with Gasteiger partial charge in [0, 0.05) is 10.7 Å². The van der Waals surface area contributed by atoms with E-state index in [9.17, 15) is 31.2 Å². The fourth-order valence-electron chi connectivity index (χ4n) is 1.94. The Bertz CT molecular complexity index is 485. The lowest BCUT2D eigenvalue weighted by Crippen LogP contribution is -2.48. The van der Waals surface area contributed by atoms with E-state index in [4.69, 9.17) is 0 Å². The Morgan fingerprint density at radius 1 is 1.42 bits per heavy atom. The fourth-order valence-corrected chi connectivity index (χ4v) is 1.94. The van der Waals surface area contributed by atoms with Crippen molar-refractivity contribution in [2.45, 2.75) is 32.2 Å². The van der Waals surface area contributed by atoms with Gasteiger partial charge in [0.15, 0.2) is 13.1 Å². The summed E-state index contributed by atoms with van der Waals surface area (Å²) < 4.78 is 73.1. The van der Waals surface area contributed by atoms with E-state index < -0.39 is 42.8 Å². The standard InChI is InChI=1S/C9H8F6N3O/c10-7(11)2-17-1-5-3-18(15,4-6(5)16-17)8(19)9(12,13)14/h1,7H,2-4H2/q+1. The number of fused-ring (bicyclic) bond motifs is 1. The number of hydrogen-bond donors (Lipinski definition) is 0. The van der Waals surface area contributed by atoms with Crippen molar-refractivity contribution in [2.24, 2.45) is 0 Å². The fraction of sp³-hybridized carbons (Fsp3) is 0.556. The minimum atomic E-state index is -5.29. The van der Waals surface area contributed by atoms with E-state index >= 15 is 0 Å². The molecule has 1 aliphatic rings. The van der Waals surface area contributed by atoms with Crippen molar-refractivity contribution in [2.75, 3.05) is 0 Å². The number of aromatic nitrogens is 2. The number of carbonyl (C=O) groups is 1. The number of rotatable bonds is 2. The van der Waals surface area contributed by atoms with Crippen molar-refractivity contribution in [1.29, 1.82) is 0 Å². The lowest BCUT2D eigenvalue weighted by molar-refractivity contribution is -1.01. The van der Waals surface area contributed by atoms with Crippen molar-refractivity contribution >= 4 is 5.91 Å². The molecule has 1 unspecified atom stereocenters. The highest BCUT2D eigenvalue weighted by Crippen LogP contribution is 2.35. The molecule has 1 aliphatic heterocycles. The van der Waals surface area contributed by atoms with E-state index in [2.05, 4.69) is 5.10 Å². The van der Waals surface area contributed by atoms with Crippen molar-refractivity contribution in [3.05, 3.63) is 17.5 Å². The van der Waals surface area contributed by atoms with Crippen LogP contribution in [0.2, 0.25) is 0 Å². The molecule has 0 radical (unpaired) electrons. The molecule has 1 aromatic heterocycles. The van der Waals surface area contributed by atoms with E-state index in [1.807, 2.05) is 0 Å². The van der Waals surface area contributed by atoms with Crippen molar-refractivity contribution in [3.8, 4) is 0 Å². The second-order valence-corrected chi connectivity index (χ2v) is 4.20. The molecule has 0 saturated heterocycles. The Labute approximate surface area is 102 Å². The third-order valence-corrected chi connectivity index (χ3v) is 2.68. The molecule has 106 valence electrons. The molecule has 2 heterocycles. The summed E-state index contributed by atoms with van der Waals surface area (Å²) in [6.45, 7) is -2.48. The highest BCUT2D eigenvalue weighted by molar-refractivity contribution is 5.75. The van der Waals surface area contributed by atoms with Gasteiger partial charge in [0.1, 0.15) is 12.2 Å². The molecule has 10 heteroatoms. The molecule has 19 heavy (non-hydrogen) atoms. The lowest BCUT2D eigenvalue weighted by atomic mass is 10.3. The Kier molecular flexibility index (Phi) is 3.07. The highest BCUT2D eigenvalue weighted by Gasteiger charge is 2.60. The van der Waals surface area contributed by atoms with E-state index in [1.165, 1.54) is 0 Å². The zero-order valence-corrected chi connectivity index (χ0v) is 9.29. The maximum absolute atomic E-state index is 13.9. The van der Waals surface area contributed by atoms with Gasteiger partial charge in [-0.2, -0.15) is 18.3 Å². The van der Waals surface area contributed by atoms with E-state index in [1.54, 1.807) is 0 Å². The second kappa shape index (κ2) is 4.22. The van der Waals surface area contributed by atoms with Crippen LogP contribution in [-0.4, -0.2) is 33.0 Å². The van der Waals surface area contributed by atoms with Crippen LogP contribution >= 0.6 is 0 Å². The molecular weight excluding hydrogens is 280 g/mol. The predicted molar refractivity (Wildman–Crippen MR) is 48.1 cm³/mol. The molecule has 0 spiro atoms. The Balaban J connectivity index is 2.17. The van der Waals surface area contributed by atoms with Crippen molar-refractivity contribution in [1.82, 2.24) is 9.78 Å². The summed E-state index contributed by atoms with van der Waals surface area (Å²) >= 11 is 0. The summed E-state index contributed by atoms with van der Waals surface area (Å²) in [5.74, 6) is -2.52. The molecule has 1 amide bonds. The predicted octanol–water partition coefficient (Wildman–Crippen LogP) is 1.95. The van der Waals surface area contributed by atoms with Gasteiger partial charge in [-0.05, 0) is 0 Å². The van der Waals surface area contributed by atoms with Crippen LogP contribution in [0.5, 0.6) is 0 Å². The summed E-state index contributed by atoms with van der Waals surface area (Å²) in [7, 11) is 0. The van der Waals surface area contributed by atoms with Crippen molar-refractivity contribution < 1.29 is 35.9 Å². The van der Waals surface area contributed by atoms with Gasteiger partial charge >= 0.3 is 12.1 Å². The number of halogens is 6. The summed E-state index contributed by atoms with van der Waals surface area (Å²) in [4.78, 5) is 10.9. The second-order valence-electron chi connectivity index (χ2n) is 4.20.